The molecule has 0 bridgehead atoms. The number of anilines is 4. The van der Waals surface area contributed by atoms with Crippen molar-refractivity contribution < 1.29 is 41.5 Å². The van der Waals surface area contributed by atoms with E-state index in [-0.39, 0.29) is 40.8 Å². The van der Waals surface area contributed by atoms with Crippen molar-refractivity contribution in [3.8, 4) is 46.8 Å². The number of benzene rings is 10. The highest BCUT2D eigenvalue weighted by atomic mass is 32.2. The second kappa shape index (κ2) is 22.0. The Labute approximate surface area is 456 Å². The van der Waals surface area contributed by atoms with E-state index in [1.165, 1.54) is 18.2 Å². The fourth-order valence-electron chi connectivity index (χ4n) is 8.82. The Morgan fingerprint density at radius 3 is 1.20 bits per heavy atom. The molecule has 0 aliphatic carbocycles. The lowest BCUT2D eigenvalue weighted by Crippen LogP contribution is -2.04. The molecule has 0 aliphatic heterocycles. The van der Waals surface area contributed by atoms with Crippen LogP contribution < -0.4 is 29.6 Å². The monoisotopic (exact) mass is 1080 g/mol. The number of nitrogens with zero attached hydrogens (tertiary/aromatic N) is 4. The van der Waals surface area contributed by atoms with Gasteiger partial charge in [0.25, 0.3) is 10.1 Å². The van der Waals surface area contributed by atoms with E-state index < -0.39 is 15.0 Å². The lowest BCUT2D eigenvalue weighted by atomic mass is 10.1. The maximum absolute atomic E-state index is 13.0. The second-order valence-electron chi connectivity index (χ2n) is 17.9. The standard InChI is InChI=1S/C62H42N6O9S2/c69-77-78-55-35-49(63-57-37-59(73-51-27-21-39-9-1-5-13-45(39)31-51)67-61(65-57)75-53-29-23-41-11-3-7-15-47(41)33-53)25-19-43(55)17-18-44-20-26-50(36-56(44)79(70,71)72)64-58-38-60(74-52-28-22-40-10-2-6-14-46(40)32-52)68-62(66-58)76-54-30-24-42-12-4-8-16-48(42)34-54/h1-38,69H,(H,63,65,67)(H,64,66,68)(H,70,71,72). The lowest BCUT2D eigenvalue weighted by Gasteiger charge is -2.13. The number of hydrogen-bond donors (Lipinski definition) is 4. The van der Waals surface area contributed by atoms with Crippen LogP contribution in [0.25, 0.3) is 55.2 Å². The number of ether oxygens (including phenoxy) is 4. The van der Waals surface area contributed by atoms with Crippen molar-refractivity contribution in [3.05, 3.63) is 230 Å². The Morgan fingerprint density at radius 1 is 0.405 bits per heavy atom. The number of fused-ring (bicyclic) bond motifs is 4. The van der Waals surface area contributed by atoms with Crippen molar-refractivity contribution in [2.24, 2.45) is 0 Å². The third-order valence-electron chi connectivity index (χ3n) is 12.5. The van der Waals surface area contributed by atoms with E-state index in [9.17, 15) is 18.2 Å². The molecule has 0 fully saturated rings. The quantitative estimate of drug-likeness (QED) is 0.0221. The SMILES string of the molecule is O=S(=O)(O)c1cc(Nc2cc(Oc3ccc4ccccc4c3)nc(Oc3ccc4ccccc4c3)n2)ccc1C=Cc1ccc(Nc2cc(Oc3ccc4ccccc4c3)nc(Oc3ccc4ccccc4c3)n2)cc1SOO. The molecule has 15 nitrogen and oxygen atoms in total. The predicted molar refractivity (Wildman–Crippen MR) is 308 cm³/mol. The Kier molecular flexibility index (Phi) is 13.9. The van der Waals surface area contributed by atoms with Crippen LogP contribution in [0.5, 0.6) is 46.8 Å². The Bertz CT molecular complexity index is 4230. The summed E-state index contributed by atoms with van der Waals surface area (Å²) in [6.07, 6.45) is 3.14. The summed E-state index contributed by atoms with van der Waals surface area (Å²) in [5.74, 6) is 2.94. The average Bonchev–Trinajstić information content (AvgIpc) is 3.46. The van der Waals surface area contributed by atoms with Crippen molar-refractivity contribution in [3.63, 3.8) is 0 Å². The summed E-state index contributed by atoms with van der Waals surface area (Å²) in [6, 6.07) is 67.1. The van der Waals surface area contributed by atoms with E-state index in [4.69, 9.17) is 18.9 Å². The zero-order valence-corrected chi connectivity index (χ0v) is 42.9. The number of rotatable bonds is 17. The van der Waals surface area contributed by atoms with Crippen LogP contribution in [0.2, 0.25) is 0 Å². The first-order chi connectivity index (χ1) is 38.6. The van der Waals surface area contributed by atoms with Crippen LogP contribution in [0.3, 0.4) is 0 Å². The van der Waals surface area contributed by atoms with Crippen molar-refractivity contribution >= 4 is 100 Å². The smallest absolute Gasteiger partial charge is 0.327 e. The van der Waals surface area contributed by atoms with Gasteiger partial charge in [0.2, 0.25) is 11.8 Å². The van der Waals surface area contributed by atoms with Gasteiger partial charge in [0, 0.05) is 28.4 Å². The summed E-state index contributed by atoms with van der Waals surface area (Å²) < 4.78 is 66.2. The van der Waals surface area contributed by atoms with Gasteiger partial charge in [0.15, 0.2) is 0 Å². The van der Waals surface area contributed by atoms with Gasteiger partial charge in [0.05, 0.1) is 12.0 Å². The molecular weight excluding hydrogens is 1040 g/mol. The second-order valence-corrected chi connectivity index (χ2v) is 20.1. The highest BCUT2D eigenvalue weighted by Gasteiger charge is 2.18. The molecule has 0 saturated carbocycles. The highest BCUT2D eigenvalue weighted by molar-refractivity contribution is 7.94. The summed E-state index contributed by atoms with van der Waals surface area (Å²) in [5, 5.41) is 24.2. The van der Waals surface area contributed by atoms with E-state index in [0.717, 1.165) is 43.1 Å². The molecule has 0 saturated heterocycles. The van der Waals surface area contributed by atoms with Crippen molar-refractivity contribution in [2.45, 2.75) is 9.79 Å². The van der Waals surface area contributed by atoms with Crippen molar-refractivity contribution in [1.29, 1.82) is 0 Å². The van der Waals surface area contributed by atoms with Gasteiger partial charge in [-0.15, -0.1) is 0 Å². The molecule has 2 aromatic heterocycles. The van der Waals surface area contributed by atoms with E-state index in [1.807, 2.05) is 170 Å². The van der Waals surface area contributed by atoms with Gasteiger partial charge in [-0.3, -0.25) is 4.55 Å². The number of aromatic nitrogens is 4. The molecule has 10 aromatic carbocycles. The molecule has 0 aliphatic rings. The molecule has 17 heteroatoms. The van der Waals surface area contributed by atoms with Gasteiger partial charge in [-0.1, -0.05) is 146 Å². The predicted octanol–water partition coefficient (Wildman–Crippen LogP) is 16.4. The van der Waals surface area contributed by atoms with E-state index in [2.05, 4.69) is 34.9 Å². The molecule has 0 atom stereocenters. The maximum Gasteiger partial charge on any atom is 0.327 e. The molecule has 0 radical (unpaired) electrons. The minimum Gasteiger partial charge on any atom is -0.439 e. The van der Waals surface area contributed by atoms with Crippen LogP contribution in [0.1, 0.15) is 11.1 Å². The van der Waals surface area contributed by atoms with Gasteiger partial charge in [-0.25, -0.2) is 5.26 Å². The zero-order valence-electron chi connectivity index (χ0n) is 41.3. The Morgan fingerprint density at radius 2 is 0.785 bits per heavy atom. The van der Waals surface area contributed by atoms with Crippen molar-refractivity contribution in [1.82, 2.24) is 19.9 Å². The largest absolute Gasteiger partial charge is 0.439 e. The third-order valence-corrected chi connectivity index (χ3v) is 14.0. The van der Waals surface area contributed by atoms with Crippen LogP contribution in [0.4, 0.5) is 23.0 Å². The average molecular weight is 1080 g/mol. The first kappa shape index (κ1) is 50.0. The minimum absolute atomic E-state index is 0.0169. The van der Waals surface area contributed by atoms with Gasteiger partial charge in [0.1, 0.15) is 39.5 Å². The van der Waals surface area contributed by atoms with Crippen LogP contribution in [0.15, 0.2) is 228 Å². The number of nitrogens with one attached hydrogen (secondary N) is 2. The lowest BCUT2D eigenvalue weighted by molar-refractivity contribution is -0.116. The Hall–Kier alpha value is -9.88. The molecule has 0 unspecified atom stereocenters. The zero-order chi connectivity index (χ0) is 53.7. The topological polar surface area (TPSA) is 196 Å². The van der Waals surface area contributed by atoms with Gasteiger partial charge in [-0.05, 0) is 127 Å². The first-order valence-corrected chi connectivity index (χ1v) is 26.7. The summed E-state index contributed by atoms with van der Waals surface area (Å²) in [7, 11) is -4.80. The molecule has 12 aromatic rings. The first-order valence-electron chi connectivity index (χ1n) is 24.5. The van der Waals surface area contributed by atoms with Gasteiger partial charge in [-0.2, -0.15) is 32.7 Å². The molecule has 386 valence electrons. The molecule has 0 spiro atoms. The van der Waals surface area contributed by atoms with E-state index in [0.29, 0.717) is 57.0 Å². The van der Waals surface area contributed by atoms with Crippen LogP contribution in [0, 0.1) is 0 Å². The molecule has 2 heterocycles. The molecule has 79 heavy (non-hydrogen) atoms. The van der Waals surface area contributed by atoms with E-state index in [1.54, 1.807) is 42.5 Å². The molecular formula is C62H42N6O9S2. The summed E-state index contributed by atoms with van der Waals surface area (Å²) in [5.41, 5.74) is 1.46. The van der Waals surface area contributed by atoms with Crippen molar-refractivity contribution in [2.75, 3.05) is 10.6 Å². The maximum atomic E-state index is 13.0. The van der Waals surface area contributed by atoms with Crippen LogP contribution in [-0.2, 0) is 14.5 Å². The van der Waals surface area contributed by atoms with Gasteiger partial charge >= 0.3 is 12.0 Å². The molecule has 0 amide bonds. The fourth-order valence-corrected chi connectivity index (χ4v) is 10.0. The fraction of sp³-hybridized carbons (Fsp3) is 0. The minimum atomic E-state index is -4.80. The van der Waals surface area contributed by atoms with E-state index >= 15 is 0 Å². The summed E-state index contributed by atoms with van der Waals surface area (Å²) in [6.45, 7) is 0. The van der Waals surface area contributed by atoms with Crippen LogP contribution >= 0.6 is 12.0 Å². The summed E-state index contributed by atoms with van der Waals surface area (Å²) >= 11 is 0.662. The molecule has 12 rings (SSSR count). The van der Waals surface area contributed by atoms with Crippen LogP contribution in [-0.4, -0.2) is 38.2 Å². The highest BCUT2D eigenvalue weighted by Crippen LogP contribution is 2.36. The summed E-state index contributed by atoms with van der Waals surface area (Å²) in [4.78, 5) is 18.4. The van der Waals surface area contributed by atoms with Gasteiger partial charge < -0.3 is 29.6 Å². The normalized spacial score (nSPS) is 11.6. The Balaban J connectivity index is 0.815. The third kappa shape index (κ3) is 11.9. The molecule has 4 N–H and O–H groups in total. The number of hydrogen-bond acceptors (Lipinski definition) is 15.